The summed E-state index contributed by atoms with van der Waals surface area (Å²) in [6.07, 6.45) is 2.74. The molecule has 0 bridgehead atoms. The fourth-order valence-electron chi connectivity index (χ4n) is 1.97. The number of aliphatic carboxylic acids is 1. The fraction of sp³-hybridized carbons (Fsp3) is 0.900. The first-order valence-corrected chi connectivity index (χ1v) is 5.16. The van der Waals surface area contributed by atoms with Gasteiger partial charge in [0.1, 0.15) is 0 Å². The molecular formula is C10H19NO3. The number of carbonyl (C=O) groups is 1. The minimum atomic E-state index is -0.742. The van der Waals surface area contributed by atoms with Gasteiger partial charge in [0.25, 0.3) is 0 Å². The number of likely N-dealkylation sites (tertiary alicyclic amines) is 1. The predicted molar refractivity (Wildman–Crippen MR) is 53.2 cm³/mol. The second-order valence-corrected chi connectivity index (χ2v) is 4.37. The summed E-state index contributed by atoms with van der Waals surface area (Å²) >= 11 is 0. The van der Waals surface area contributed by atoms with Crippen LogP contribution in [0.1, 0.15) is 32.6 Å². The van der Waals surface area contributed by atoms with Crippen molar-refractivity contribution in [1.82, 2.24) is 4.90 Å². The predicted octanol–water partition coefficient (Wildman–Crippen LogP) is 0.698. The van der Waals surface area contributed by atoms with Crippen molar-refractivity contribution < 1.29 is 15.0 Å². The van der Waals surface area contributed by atoms with Crippen LogP contribution in [0.5, 0.6) is 0 Å². The van der Waals surface area contributed by atoms with Gasteiger partial charge in [-0.25, -0.2) is 0 Å². The fourth-order valence-corrected chi connectivity index (χ4v) is 1.97. The molecule has 0 aromatic heterocycles. The van der Waals surface area contributed by atoms with Crippen LogP contribution in [-0.4, -0.2) is 46.3 Å². The third-order valence-electron chi connectivity index (χ3n) is 2.62. The number of nitrogens with zero attached hydrogens (tertiary/aromatic N) is 1. The molecule has 0 spiro atoms. The minimum absolute atomic E-state index is 0.221. The van der Waals surface area contributed by atoms with Crippen molar-refractivity contribution in [3.8, 4) is 0 Å². The smallest absolute Gasteiger partial charge is 0.303 e. The summed E-state index contributed by atoms with van der Waals surface area (Å²) in [4.78, 5) is 12.4. The van der Waals surface area contributed by atoms with Crippen molar-refractivity contribution in [2.24, 2.45) is 0 Å². The van der Waals surface area contributed by atoms with Gasteiger partial charge in [-0.15, -0.1) is 0 Å². The zero-order valence-electron chi connectivity index (χ0n) is 8.70. The van der Waals surface area contributed by atoms with Gasteiger partial charge >= 0.3 is 5.97 Å². The number of carboxylic acid groups (broad SMARTS) is 1. The second kappa shape index (κ2) is 4.75. The maximum atomic E-state index is 10.3. The molecule has 1 saturated heterocycles. The summed E-state index contributed by atoms with van der Waals surface area (Å²) in [5.74, 6) is -0.742. The normalized spacial score (nSPS) is 29.0. The highest BCUT2D eigenvalue weighted by Gasteiger charge is 2.27. The zero-order chi connectivity index (χ0) is 10.6. The van der Waals surface area contributed by atoms with Crippen LogP contribution < -0.4 is 0 Å². The van der Waals surface area contributed by atoms with Crippen molar-refractivity contribution in [3.05, 3.63) is 0 Å². The summed E-state index contributed by atoms with van der Waals surface area (Å²) in [5, 5.41) is 18.3. The lowest BCUT2D eigenvalue weighted by Gasteiger charge is -2.36. The molecule has 0 radical (unpaired) electrons. The highest BCUT2D eigenvalue weighted by Crippen LogP contribution is 2.20. The number of carboxylic acids is 1. The van der Waals surface area contributed by atoms with Gasteiger partial charge in [-0.1, -0.05) is 0 Å². The Morgan fingerprint density at radius 2 is 2.29 bits per heavy atom. The Bertz CT molecular complexity index is 204. The molecule has 2 N–H and O–H groups in total. The number of hydrogen-bond acceptors (Lipinski definition) is 3. The van der Waals surface area contributed by atoms with Gasteiger partial charge in [0.2, 0.25) is 0 Å². The number of rotatable bonds is 4. The van der Waals surface area contributed by atoms with Crippen molar-refractivity contribution in [1.29, 1.82) is 0 Å². The van der Waals surface area contributed by atoms with E-state index in [-0.39, 0.29) is 6.42 Å². The molecule has 1 aliphatic heterocycles. The van der Waals surface area contributed by atoms with E-state index in [4.69, 9.17) is 5.11 Å². The molecular weight excluding hydrogens is 182 g/mol. The standard InChI is InChI=1S/C10H19NO3/c1-10(14)5-3-7-11(8-10)6-2-4-9(12)13/h14H,2-8H2,1H3,(H,12,13). The second-order valence-electron chi connectivity index (χ2n) is 4.37. The van der Waals surface area contributed by atoms with Crippen LogP contribution in [0, 0.1) is 0 Å². The minimum Gasteiger partial charge on any atom is -0.481 e. The van der Waals surface area contributed by atoms with E-state index in [0.29, 0.717) is 13.0 Å². The van der Waals surface area contributed by atoms with Crippen molar-refractivity contribution in [2.45, 2.75) is 38.2 Å². The Morgan fingerprint density at radius 1 is 1.57 bits per heavy atom. The SMILES string of the molecule is CC1(O)CCCN(CCCC(=O)O)C1. The lowest BCUT2D eigenvalue weighted by atomic mass is 9.95. The topological polar surface area (TPSA) is 60.8 Å². The molecule has 4 nitrogen and oxygen atoms in total. The number of hydrogen-bond donors (Lipinski definition) is 2. The third-order valence-corrected chi connectivity index (χ3v) is 2.62. The average Bonchev–Trinajstić information content (AvgIpc) is 2.01. The Morgan fingerprint density at radius 3 is 2.86 bits per heavy atom. The van der Waals surface area contributed by atoms with E-state index in [0.717, 1.165) is 25.9 Å². The maximum absolute atomic E-state index is 10.3. The van der Waals surface area contributed by atoms with Crippen LogP contribution in [0.25, 0.3) is 0 Å². The number of piperidine rings is 1. The zero-order valence-corrected chi connectivity index (χ0v) is 8.70. The first-order chi connectivity index (χ1) is 6.49. The van der Waals surface area contributed by atoms with E-state index in [1.165, 1.54) is 0 Å². The molecule has 14 heavy (non-hydrogen) atoms. The third kappa shape index (κ3) is 4.07. The average molecular weight is 201 g/mol. The molecule has 0 aliphatic carbocycles. The van der Waals surface area contributed by atoms with E-state index >= 15 is 0 Å². The van der Waals surface area contributed by atoms with Crippen LogP contribution in [0.15, 0.2) is 0 Å². The molecule has 0 aromatic carbocycles. The molecule has 0 aromatic rings. The van der Waals surface area contributed by atoms with Crippen LogP contribution in [0.4, 0.5) is 0 Å². The van der Waals surface area contributed by atoms with Crippen molar-refractivity contribution in [3.63, 3.8) is 0 Å². The summed E-state index contributed by atoms with van der Waals surface area (Å²) < 4.78 is 0. The van der Waals surface area contributed by atoms with Gasteiger partial charge in [0, 0.05) is 13.0 Å². The largest absolute Gasteiger partial charge is 0.481 e. The van der Waals surface area contributed by atoms with E-state index in [2.05, 4.69) is 4.90 Å². The Labute approximate surface area is 84.5 Å². The molecule has 0 amide bonds. The Balaban J connectivity index is 2.21. The molecule has 82 valence electrons. The van der Waals surface area contributed by atoms with Gasteiger partial charge in [0.15, 0.2) is 0 Å². The van der Waals surface area contributed by atoms with E-state index in [1.807, 2.05) is 6.92 Å². The first-order valence-electron chi connectivity index (χ1n) is 5.16. The molecule has 1 aliphatic rings. The van der Waals surface area contributed by atoms with Gasteiger partial charge in [-0.2, -0.15) is 0 Å². The molecule has 1 atom stereocenters. The number of β-amino-alcohol motifs (C(OH)–C–C–N with tert-alkyl or cyclic N) is 1. The van der Waals surface area contributed by atoms with Crippen molar-refractivity contribution >= 4 is 5.97 Å². The maximum Gasteiger partial charge on any atom is 0.303 e. The van der Waals surface area contributed by atoms with Crippen LogP contribution in [0.2, 0.25) is 0 Å². The summed E-state index contributed by atoms with van der Waals surface area (Å²) in [5.41, 5.74) is -0.582. The summed E-state index contributed by atoms with van der Waals surface area (Å²) in [6, 6.07) is 0. The lowest BCUT2D eigenvalue weighted by molar-refractivity contribution is -0.137. The number of aliphatic hydroxyl groups is 1. The van der Waals surface area contributed by atoms with Gasteiger partial charge in [-0.3, -0.25) is 4.79 Å². The molecule has 4 heteroatoms. The first kappa shape index (κ1) is 11.5. The highest BCUT2D eigenvalue weighted by molar-refractivity contribution is 5.66. The summed E-state index contributed by atoms with van der Waals surface area (Å²) in [6.45, 7) is 4.28. The van der Waals surface area contributed by atoms with Gasteiger partial charge in [-0.05, 0) is 39.3 Å². The highest BCUT2D eigenvalue weighted by atomic mass is 16.4. The van der Waals surface area contributed by atoms with Crippen LogP contribution >= 0.6 is 0 Å². The molecule has 1 fully saturated rings. The van der Waals surface area contributed by atoms with Crippen LogP contribution in [0.3, 0.4) is 0 Å². The van der Waals surface area contributed by atoms with Crippen LogP contribution in [-0.2, 0) is 4.79 Å². The van der Waals surface area contributed by atoms with Crippen molar-refractivity contribution in [2.75, 3.05) is 19.6 Å². The Hall–Kier alpha value is -0.610. The molecule has 1 unspecified atom stereocenters. The molecule has 1 rings (SSSR count). The lowest BCUT2D eigenvalue weighted by Crippen LogP contribution is -2.46. The monoisotopic (exact) mass is 201 g/mol. The molecule has 1 heterocycles. The van der Waals surface area contributed by atoms with Gasteiger partial charge in [0.05, 0.1) is 5.60 Å². The van der Waals surface area contributed by atoms with E-state index in [9.17, 15) is 9.90 Å². The van der Waals surface area contributed by atoms with E-state index in [1.54, 1.807) is 0 Å². The van der Waals surface area contributed by atoms with Gasteiger partial charge < -0.3 is 15.1 Å². The summed E-state index contributed by atoms with van der Waals surface area (Å²) in [7, 11) is 0. The van der Waals surface area contributed by atoms with E-state index < -0.39 is 11.6 Å². The molecule has 0 saturated carbocycles. The quantitative estimate of drug-likeness (QED) is 0.703. The Kier molecular flexibility index (Phi) is 3.89.